The Morgan fingerprint density at radius 1 is 1.22 bits per heavy atom. The molecule has 0 saturated carbocycles. The molecular formula is C13H17ClN2O2. The average molecular weight is 269 g/mol. The van der Waals surface area contributed by atoms with Gasteiger partial charge in [0.05, 0.1) is 0 Å². The Balaban J connectivity index is 2.64. The zero-order valence-electron chi connectivity index (χ0n) is 10.7. The molecule has 98 valence electrons. The maximum atomic E-state index is 11.9. The second-order valence-electron chi connectivity index (χ2n) is 4.24. The lowest BCUT2D eigenvalue weighted by Crippen LogP contribution is -2.45. The molecular weight excluding hydrogens is 252 g/mol. The summed E-state index contributed by atoms with van der Waals surface area (Å²) in [6.45, 7) is 1.63. The first-order chi connectivity index (χ1) is 8.43. The van der Waals surface area contributed by atoms with Crippen molar-refractivity contribution in [1.82, 2.24) is 10.2 Å². The van der Waals surface area contributed by atoms with Crippen molar-refractivity contribution in [2.75, 3.05) is 14.1 Å². The molecule has 18 heavy (non-hydrogen) atoms. The van der Waals surface area contributed by atoms with Crippen LogP contribution < -0.4 is 5.32 Å². The van der Waals surface area contributed by atoms with Gasteiger partial charge in [-0.2, -0.15) is 0 Å². The number of halogens is 1. The standard InChI is InChI=1S/C13H17ClN2O2/c1-9(13(18)16(2)3)15-12(17)11(14)10-7-5-4-6-8-10/h4-9,11H,1-3H3,(H,15,17). The third kappa shape index (κ3) is 3.74. The molecule has 0 fully saturated rings. The molecule has 2 atom stereocenters. The monoisotopic (exact) mass is 268 g/mol. The van der Waals surface area contributed by atoms with E-state index in [0.29, 0.717) is 5.56 Å². The SMILES string of the molecule is CC(NC(=O)C(Cl)c1ccccc1)C(=O)N(C)C. The van der Waals surface area contributed by atoms with E-state index in [1.54, 1.807) is 33.2 Å². The van der Waals surface area contributed by atoms with Crippen LogP contribution in [-0.2, 0) is 9.59 Å². The van der Waals surface area contributed by atoms with Crippen LogP contribution in [0.1, 0.15) is 17.9 Å². The molecule has 0 bridgehead atoms. The van der Waals surface area contributed by atoms with Crippen molar-refractivity contribution in [3.05, 3.63) is 35.9 Å². The number of nitrogens with one attached hydrogen (secondary N) is 1. The minimum atomic E-state index is -0.788. The number of nitrogens with zero attached hydrogens (tertiary/aromatic N) is 1. The van der Waals surface area contributed by atoms with Gasteiger partial charge in [0.2, 0.25) is 11.8 Å². The van der Waals surface area contributed by atoms with Gasteiger partial charge in [-0.25, -0.2) is 0 Å². The minimum Gasteiger partial charge on any atom is -0.347 e. The van der Waals surface area contributed by atoms with Gasteiger partial charge >= 0.3 is 0 Å². The predicted octanol–water partition coefficient (Wildman–Crippen LogP) is 1.56. The molecule has 0 aliphatic carbocycles. The van der Waals surface area contributed by atoms with Crippen LogP contribution in [0.2, 0.25) is 0 Å². The number of hydrogen-bond donors (Lipinski definition) is 1. The summed E-state index contributed by atoms with van der Waals surface area (Å²) in [7, 11) is 3.28. The van der Waals surface area contributed by atoms with E-state index in [0.717, 1.165) is 0 Å². The Bertz CT molecular complexity index is 420. The number of carbonyl (C=O) groups excluding carboxylic acids is 2. The highest BCUT2D eigenvalue weighted by atomic mass is 35.5. The highest BCUT2D eigenvalue weighted by molar-refractivity contribution is 6.30. The van der Waals surface area contributed by atoms with Crippen LogP contribution in [0, 0.1) is 0 Å². The second-order valence-corrected chi connectivity index (χ2v) is 4.67. The lowest BCUT2D eigenvalue weighted by Gasteiger charge is -2.19. The molecule has 0 aromatic heterocycles. The molecule has 0 radical (unpaired) electrons. The van der Waals surface area contributed by atoms with Gasteiger partial charge < -0.3 is 10.2 Å². The van der Waals surface area contributed by atoms with E-state index in [9.17, 15) is 9.59 Å². The molecule has 2 amide bonds. The summed E-state index contributed by atoms with van der Waals surface area (Å²) in [5.74, 6) is -0.536. The molecule has 0 saturated heterocycles. The maximum absolute atomic E-state index is 11.9. The third-order valence-electron chi connectivity index (χ3n) is 2.49. The number of alkyl halides is 1. The fourth-order valence-corrected chi connectivity index (χ4v) is 1.72. The molecule has 2 unspecified atom stereocenters. The summed E-state index contributed by atoms with van der Waals surface area (Å²) in [4.78, 5) is 24.9. The first-order valence-corrected chi connectivity index (χ1v) is 6.07. The Labute approximate surface area is 112 Å². The first-order valence-electron chi connectivity index (χ1n) is 5.64. The molecule has 5 heteroatoms. The summed E-state index contributed by atoms with van der Waals surface area (Å²) in [6.07, 6.45) is 0. The Morgan fingerprint density at radius 2 is 1.78 bits per heavy atom. The van der Waals surface area contributed by atoms with Gasteiger partial charge in [0.25, 0.3) is 0 Å². The number of hydrogen-bond acceptors (Lipinski definition) is 2. The highest BCUT2D eigenvalue weighted by Crippen LogP contribution is 2.20. The first kappa shape index (κ1) is 14.5. The van der Waals surface area contributed by atoms with Crippen molar-refractivity contribution in [3.8, 4) is 0 Å². The van der Waals surface area contributed by atoms with Gasteiger partial charge in [-0.3, -0.25) is 9.59 Å². The molecule has 0 heterocycles. The van der Waals surface area contributed by atoms with Gasteiger partial charge in [-0.05, 0) is 12.5 Å². The van der Waals surface area contributed by atoms with Gasteiger partial charge in [-0.1, -0.05) is 30.3 Å². The zero-order chi connectivity index (χ0) is 13.7. The number of carbonyl (C=O) groups is 2. The number of amides is 2. The van der Waals surface area contributed by atoms with Crippen molar-refractivity contribution in [2.45, 2.75) is 18.3 Å². The van der Waals surface area contributed by atoms with Crippen LogP contribution in [0.5, 0.6) is 0 Å². The van der Waals surface area contributed by atoms with Crippen molar-refractivity contribution in [1.29, 1.82) is 0 Å². The van der Waals surface area contributed by atoms with Crippen LogP contribution in [-0.4, -0.2) is 36.9 Å². The van der Waals surface area contributed by atoms with Gasteiger partial charge in [-0.15, -0.1) is 11.6 Å². The smallest absolute Gasteiger partial charge is 0.244 e. The van der Waals surface area contributed by atoms with Crippen LogP contribution in [0.15, 0.2) is 30.3 Å². The van der Waals surface area contributed by atoms with Crippen molar-refractivity contribution in [2.24, 2.45) is 0 Å². The molecule has 1 N–H and O–H groups in total. The highest BCUT2D eigenvalue weighted by Gasteiger charge is 2.22. The summed E-state index contributed by atoms with van der Waals surface area (Å²) in [5.41, 5.74) is 0.709. The number of rotatable bonds is 4. The lowest BCUT2D eigenvalue weighted by molar-refractivity contribution is -0.133. The average Bonchev–Trinajstić information content (AvgIpc) is 2.37. The van der Waals surface area contributed by atoms with E-state index < -0.39 is 11.4 Å². The van der Waals surface area contributed by atoms with E-state index in [2.05, 4.69) is 5.32 Å². The molecule has 0 spiro atoms. The maximum Gasteiger partial charge on any atom is 0.244 e. The molecule has 1 rings (SSSR count). The Hall–Kier alpha value is -1.55. The number of likely N-dealkylation sites (N-methyl/N-ethyl adjacent to an activating group) is 1. The van der Waals surface area contributed by atoms with Crippen LogP contribution in [0.4, 0.5) is 0 Å². The number of benzene rings is 1. The van der Waals surface area contributed by atoms with Crippen molar-refractivity contribution in [3.63, 3.8) is 0 Å². The summed E-state index contributed by atoms with van der Waals surface area (Å²) in [5, 5.41) is 1.81. The quantitative estimate of drug-likeness (QED) is 0.843. The largest absolute Gasteiger partial charge is 0.347 e. The topological polar surface area (TPSA) is 49.4 Å². The van der Waals surface area contributed by atoms with E-state index in [1.807, 2.05) is 18.2 Å². The van der Waals surface area contributed by atoms with Gasteiger partial charge in [0.15, 0.2) is 0 Å². The molecule has 1 aromatic carbocycles. The summed E-state index contributed by atoms with van der Waals surface area (Å²) < 4.78 is 0. The van der Waals surface area contributed by atoms with Crippen LogP contribution >= 0.6 is 11.6 Å². The van der Waals surface area contributed by atoms with Crippen molar-refractivity contribution < 1.29 is 9.59 Å². The Kier molecular flexibility index (Phi) is 5.16. The fourth-order valence-electron chi connectivity index (χ4n) is 1.51. The normalized spacial score (nSPS) is 13.6. The zero-order valence-corrected chi connectivity index (χ0v) is 11.4. The van der Waals surface area contributed by atoms with Crippen LogP contribution in [0.25, 0.3) is 0 Å². The Morgan fingerprint density at radius 3 is 2.28 bits per heavy atom. The van der Waals surface area contributed by atoms with E-state index in [1.165, 1.54) is 4.90 Å². The fraction of sp³-hybridized carbons (Fsp3) is 0.385. The van der Waals surface area contributed by atoms with E-state index in [-0.39, 0.29) is 11.8 Å². The molecule has 0 aliphatic heterocycles. The van der Waals surface area contributed by atoms with Gasteiger partial charge in [0, 0.05) is 14.1 Å². The summed E-state index contributed by atoms with van der Waals surface area (Å²) >= 11 is 6.05. The van der Waals surface area contributed by atoms with Crippen LogP contribution in [0.3, 0.4) is 0 Å². The molecule has 1 aromatic rings. The van der Waals surface area contributed by atoms with E-state index in [4.69, 9.17) is 11.6 Å². The molecule has 0 aliphatic rings. The lowest BCUT2D eigenvalue weighted by atomic mass is 10.1. The van der Waals surface area contributed by atoms with E-state index >= 15 is 0 Å². The molecule has 4 nitrogen and oxygen atoms in total. The van der Waals surface area contributed by atoms with Gasteiger partial charge in [0.1, 0.15) is 11.4 Å². The summed E-state index contributed by atoms with van der Waals surface area (Å²) in [6, 6.07) is 8.44. The second kappa shape index (κ2) is 6.40. The van der Waals surface area contributed by atoms with Crippen molar-refractivity contribution >= 4 is 23.4 Å². The predicted molar refractivity (Wildman–Crippen MR) is 71.3 cm³/mol. The third-order valence-corrected chi connectivity index (χ3v) is 2.94. The minimum absolute atomic E-state index is 0.166.